The molecule has 1 aromatic heterocycles. The third kappa shape index (κ3) is 3.67. The summed E-state index contributed by atoms with van der Waals surface area (Å²) in [6.45, 7) is -0.404. The lowest BCUT2D eigenvalue weighted by atomic mass is 10.1. The molecule has 3 N–H and O–H groups in total. The maximum absolute atomic E-state index is 12.2. The van der Waals surface area contributed by atoms with Gasteiger partial charge in [-0.15, -0.1) is 11.3 Å². The molecule has 8 heteroatoms. The summed E-state index contributed by atoms with van der Waals surface area (Å²) in [6.07, 6.45) is 0. The van der Waals surface area contributed by atoms with E-state index in [4.69, 9.17) is 5.11 Å². The molecule has 0 aliphatic carbocycles. The zero-order chi connectivity index (χ0) is 15.5. The summed E-state index contributed by atoms with van der Waals surface area (Å²) in [5, 5.41) is 19.4. The maximum Gasteiger partial charge on any atom is 0.345 e. The zero-order valence-corrected chi connectivity index (χ0v) is 12.4. The van der Waals surface area contributed by atoms with Crippen molar-refractivity contribution in [1.29, 1.82) is 0 Å². The Labute approximate surface area is 125 Å². The van der Waals surface area contributed by atoms with Gasteiger partial charge in [0.15, 0.2) is 0 Å². The number of carboxylic acids is 1. The Kier molecular flexibility index (Phi) is 4.73. The Hall–Kier alpha value is -1.74. The molecule has 0 amide bonds. The first kappa shape index (κ1) is 15.6. The number of sulfonamides is 1. The van der Waals surface area contributed by atoms with Crippen molar-refractivity contribution < 1.29 is 23.4 Å². The zero-order valence-electron chi connectivity index (χ0n) is 10.8. The minimum absolute atomic E-state index is 0.0596. The standard InChI is InChI=1S/C13H13NO5S2/c15-7-11(9-4-2-1-3-5-9)14-21(18,19)10-6-12(13(16)17)20-8-10/h1-6,8,11,14-15H,7H2,(H,16,17)/t11-/m1/s1. The van der Waals surface area contributed by atoms with Gasteiger partial charge in [0.2, 0.25) is 10.0 Å². The highest BCUT2D eigenvalue weighted by molar-refractivity contribution is 7.89. The predicted molar refractivity (Wildman–Crippen MR) is 77.9 cm³/mol. The van der Waals surface area contributed by atoms with Crippen molar-refractivity contribution in [2.75, 3.05) is 6.61 Å². The number of aliphatic hydroxyl groups is 1. The summed E-state index contributed by atoms with van der Waals surface area (Å²) >= 11 is 0.834. The molecular formula is C13H13NO5S2. The molecule has 21 heavy (non-hydrogen) atoms. The van der Waals surface area contributed by atoms with Gasteiger partial charge < -0.3 is 10.2 Å². The number of rotatable bonds is 6. The lowest BCUT2D eigenvalue weighted by Crippen LogP contribution is -2.30. The fourth-order valence-electron chi connectivity index (χ4n) is 1.72. The van der Waals surface area contributed by atoms with Crippen LogP contribution < -0.4 is 4.72 Å². The molecule has 0 unspecified atom stereocenters. The lowest BCUT2D eigenvalue weighted by Gasteiger charge is -2.16. The Morgan fingerprint density at radius 1 is 1.29 bits per heavy atom. The molecule has 0 saturated heterocycles. The number of carboxylic acid groups (broad SMARTS) is 1. The smallest absolute Gasteiger partial charge is 0.345 e. The third-order valence-corrected chi connectivity index (χ3v) is 5.30. The van der Waals surface area contributed by atoms with Gasteiger partial charge in [0.1, 0.15) is 4.88 Å². The van der Waals surface area contributed by atoms with Crippen LogP contribution in [0.25, 0.3) is 0 Å². The fourth-order valence-corrected chi connectivity index (χ4v) is 4.05. The molecule has 0 spiro atoms. The molecule has 1 heterocycles. The van der Waals surface area contributed by atoms with E-state index in [1.807, 2.05) is 0 Å². The minimum Gasteiger partial charge on any atom is -0.477 e. The molecule has 0 radical (unpaired) electrons. The molecule has 2 aromatic rings. The molecule has 0 aliphatic heterocycles. The van der Waals surface area contributed by atoms with E-state index >= 15 is 0 Å². The van der Waals surface area contributed by atoms with Gasteiger partial charge >= 0.3 is 5.97 Å². The number of aliphatic hydroxyl groups excluding tert-OH is 1. The molecule has 0 saturated carbocycles. The van der Waals surface area contributed by atoms with E-state index in [0.717, 1.165) is 17.4 Å². The second kappa shape index (κ2) is 6.35. The molecule has 6 nitrogen and oxygen atoms in total. The van der Waals surface area contributed by atoms with Crippen LogP contribution in [0.2, 0.25) is 0 Å². The Morgan fingerprint density at radius 3 is 2.48 bits per heavy atom. The van der Waals surface area contributed by atoms with Crippen LogP contribution in [0, 0.1) is 0 Å². The van der Waals surface area contributed by atoms with Crippen LogP contribution in [0.3, 0.4) is 0 Å². The lowest BCUT2D eigenvalue weighted by molar-refractivity contribution is 0.0702. The van der Waals surface area contributed by atoms with Crippen molar-refractivity contribution in [2.45, 2.75) is 10.9 Å². The van der Waals surface area contributed by atoms with Crippen molar-refractivity contribution in [3.05, 3.63) is 52.2 Å². The Bertz CT molecular complexity index is 724. The normalized spacial score (nSPS) is 13.0. The number of benzene rings is 1. The number of carbonyl (C=O) groups is 1. The van der Waals surface area contributed by atoms with Gasteiger partial charge in [0.05, 0.1) is 17.5 Å². The highest BCUT2D eigenvalue weighted by Crippen LogP contribution is 2.22. The van der Waals surface area contributed by atoms with Gasteiger partial charge in [-0.3, -0.25) is 0 Å². The van der Waals surface area contributed by atoms with E-state index in [-0.39, 0.29) is 9.77 Å². The first-order chi connectivity index (χ1) is 9.94. The van der Waals surface area contributed by atoms with Crippen molar-refractivity contribution in [2.24, 2.45) is 0 Å². The number of hydrogen-bond acceptors (Lipinski definition) is 5. The van der Waals surface area contributed by atoms with Gasteiger partial charge in [-0.05, 0) is 11.6 Å². The number of hydrogen-bond donors (Lipinski definition) is 3. The number of aromatic carboxylic acids is 1. The summed E-state index contributed by atoms with van der Waals surface area (Å²) in [6, 6.07) is 8.95. The molecular weight excluding hydrogens is 314 g/mol. The molecule has 0 aliphatic rings. The minimum atomic E-state index is -3.90. The predicted octanol–water partition coefficient (Wildman–Crippen LogP) is 1.46. The van der Waals surface area contributed by atoms with E-state index in [1.165, 1.54) is 5.38 Å². The summed E-state index contributed by atoms with van der Waals surface area (Å²) < 4.78 is 26.8. The molecule has 0 bridgehead atoms. The highest BCUT2D eigenvalue weighted by Gasteiger charge is 2.23. The van der Waals surface area contributed by atoms with Crippen LogP contribution in [0.4, 0.5) is 0 Å². The van der Waals surface area contributed by atoms with Crippen molar-refractivity contribution in [3.8, 4) is 0 Å². The molecule has 1 aromatic carbocycles. The largest absolute Gasteiger partial charge is 0.477 e. The van der Waals surface area contributed by atoms with Crippen molar-refractivity contribution in [3.63, 3.8) is 0 Å². The maximum atomic E-state index is 12.2. The summed E-state index contributed by atoms with van der Waals surface area (Å²) in [5.74, 6) is -1.18. The quantitative estimate of drug-likeness (QED) is 0.745. The van der Waals surface area contributed by atoms with E-state index in [0.29, 0.717) is 5.56 Å². The van der Waals surface area contributed by atoms with Crippen LogP contribution in [-0.2, 0) is 10.0 Å². The molecule has 1 atom stereocenters. The van der Waals surface area contributed by atoms with Crippen molar-refractivity contribution in [1.82, 2.24) is 4.72 Å². The Morgan fingerprint density at radius 2 is 1.95 bits per heavy atom. The van der Waals surface area contributed by atoms with Crippen molar-refractivity contribution >= 4 is 27.3 Å². The van der Waals surface area contributed by atoms with Gasteiger partial charge in [-0.25, -0.2) is 17.9 Å². The fraction of sp³-hybridized carbons (Fsp3) is 0.154. The Balaban J connectivity index is 2.25. The van der Waals surface area contributed by atoms with Crippen LogP contribution >= 0.6 is 11.3 Å². The summed E-state index contributed by atoms with van der Waals surface area (Å²) in [7, 11) is -3.90. The summed E-state index contributed by atoms with van der Waals surface area (Å²) in [5.41, 5.74) is 0.622. The van der Waals surface area contributed by atoms with Crippen LogP contribution in [-0.4, -0.2) is 31.2 Å². The molecule has 112 valence electrons. The highest BCUT2D eigenvalue weighted by atomic mass is 32.2. The number of nitrogens with one attached hydrogen (secondary N) is 1. The summed E-state index contributed by atoms with van der Waals surface area (Å²) in [4.78, 5) is 10.6. The van der Waals surface area contributed by atoms with Gasteiger partial charge in [0.25, 0.3) is 0 Å². The van der Waals surface area contributed by atoms with E-state index in [1.54, 1.807) is 30.3 Å². The van der Waals surface area contributed by atoms with Gasteiger partial charge in [-0.1, -0.05) is 30.3 Å². The van der Waals surface area contributed by atoms with Gasteiger partial charge in [0, 0.05) is 5.38 Å². The van der Waals surface area contributed by atoms with Gasteiger partial charge in [-0.2, -0.15) is 0 Å². The second-order valence-electron chi connectivity index (χ2n) is 4.22. The average molecular weight is 327 g/mol. The third-order valence-electron chi connectivity index (χ3n) is 2.78. The van der Waals surface area contributed by atoms with E-state index in [2.05, 4.69) is 4.72 Å². The SMILES string of the molecule is O=C(O)c1cc(S(=O)(=O)N[C@H](CO)c2ccccc2)cs1. The first-order valence-corrected chi connectivity index (χ1v) is 8.30. The van der Waals surface area contributed by atoms with E-state index in [9.17, 15) is 18.3 Å². The van der Waals surface area contributed by atoms with Crippen LogP contribution in [0.5, 0.6) is 0 Å². The second-order valence-corrected chi connectivity index (χ2v) is 6.84. The van der Waals surface area contributed by atoms with Crippen LogP contribution in [0.15, 0.2) is 46.7 Å². The number of thiophene rings is 1. The molecule has 2 rings (SSSR count). The first-order valence-electron chi connectivity index (χ1n) is 5.94. The topological polar surface area (TPSA) is 104 Å². The van der Waals surface area contributed by atoms with Crippen LogP contribution in [0.1, 0.15) is 21.3 Å². The average Bonchev–Trinajstić information content (AvgIpc) is 2.96. The molecule has 0 fully saturated rings. The monoisotopic (exact) mass is 327 g/mol. The van der Waals surface area contributed by atoms with E-state index < -0.39 is 28.6 Å².